The maximum Gasteiger partial charge on any atom is 0.342 e. The van der Waals surface area contributed by atoms with Gasteiger partial charge < -0.3 is 19.5 Å². The van der Waals surface area contributed by atoms with E-state index in [1.54, 1.807) is 24.3 Å². The first-order valence-corrected chi connectivity index (χ1v) is 12.8. The van der Waals surface area contributed by atoms with E-state index in [0.717, 1.165) is 5.56 Å². The summed E-state index contributed by atoms with van der Waals surface area (Å²) >= 11 is 0. The maximum absolute atomic E-state index is 12.7. The smallest absolute Gasteiger partial charge is 0.342 e. The van der Waals surface area contributed by atoms with Crippen LogP contribution in [-0.4, -0.2) is 57.5 Å². The van der Waals surface area contributed by atoms with Crippen molar-refractivity contribution in [2.75, 3.05) is 38.2 Å². The van der Waals surface area contributed by atoms with Gasteiger partial charge in [-0.3, -0.25) is 4.79 Å². The van der Waals surface area contributed by atoms with Crippen molar-refractivity contribution < 1.29 is 32.2 Å². The van der Waals surface area contributed by atoms with Crippen LogP contribution >= 0.6 is 0 Å². The summed E-state index contributed by atoms with van der Waals surface area (Å²) in [6.07, 6.45) is 0. The summed E-state index contributed by atoms with van der Waals surface area (Å²) in [6.45, 7) is 1.08. The van der Waals surface area contributed by atoms with Crippen LogP contribution in [-0.2, 0) is 30.9 Å². The van der Waals surface area contributed by atoms with E-state index < -0.39 is 28.5 Å². The van der Waals surface area contributed by atoms with Crippen LogP contribution < -0.4 is 10.1 Å². The Labute approximate surface area is 209 Å². The number of carbonyl (C=O) groups is 2. The molecule has 1 heterocycles. The van der Waals surface area contributed by atoms with Gasteiger partial charge in [0.15, 0.2) is 6.61 Å². The quantitative estimate of drug-likeness (QED) is 0.441. The van der Waals surface area contributed by atoms with E-state index in [1.807, 2.05) is 30.3 Å². The van der Waals surface area contributed by atoms with Gasteiger partial charge in [0.05, 0.1) is 18.1 Å². The van der Waals surface area contributed by atoms with Gasteiger partial charge in [-0.15, -0.1) is 0 Å². The number of para-hydroxylation sites is 1. The summed E-state index contributed by atoms with van der Waals surface area (Å²) in [5, 5.41) is 2.59. The van der Waals surface area contributed by atoms with Crippen molar-refractivity contribution in [2.45, 2.75) is 11.5 Å². The summed E-state index contributed by atoms with van der Waals surface area (Å²) < 4.78 is 42.9. The van der Waals surface area contributed by atoms with Crippen molar-refractivity contribution in [1.29, 1.82) is 0 Å². The summed E-state index contributed by atoms with van der Waals surface area (Å²) in [5.74, 6) is -0.903. The fraction of sp³-hybridized carbons (Fsp3) is 0.231. The Bertz CT molecular complexity index is 1290. The lowest BCUT2D eigenvalue weighted by Crippen LogP contribution is -2.40. The number of amides is 1. The number of esters is 1. The molecule has 188 valence electrons. The van der Waals surface area contributed by atoms with Gasteiger partial charge in [0.25, 0.3) is 5.91 Å². The molecule has 0 bridgehead atoms. The van der Waals surface area contributed by atoms with E-state index in [2.05, 4.69) is 5.32 Å². The second kappa shape index (κ2) is 11.8. The third kappa shape index (κ3) is 6.48. The lowest BCUT2D eigenvalue weighted by molar-refractivity contribution is -0.119. The predicted octanol–water partition coefficient (Wildman–Crippen LogP) is 3.08. The molecule has 1 aliphatic rings. The van der Waals surface area contributed by atoms with Crippen molar-refractivity contribution in [3.8, 4) is 5.75 Å². The lowest BCUT2D eigenvalue weighted by atomic mass is 10.2. The van der Waals surface area contributed by atoms with Crippen molar-refractivity contribution >= 4 is 27.6 Å². The van der Waals surface area contributed by atoms with E-state index in [4.69, 9.17) is 14.2 Å². The van der Waals surface area contributed by atoms with E-state index in [-0.39, 0.29) is 17.1 Å². The van der Waals surface area contributed by atoms with Crippen LogP contribution in [0.5, 0.6) is 5.75 Å². The van der Waals surface area contributed by atoms with E-state index in [1.165, 1.54) is 28.6 Å². The Morgan fingerprint density at radius 1 is 0.889 bits per heavy atom. The van der Waals surface area contributed by atoms with Gasteiger partial charge in [0, 0.05) is 18.8 Å². The molecule has 36 heavy (non-hydrogen) atoms. The third-order valence-electron chi connectivity index (χ3n) is 5.42. The van der Waals surface area contributed by atoms with Gasteiger partial charge in [-0.05, 0) is 42.0 Å². The minimum Gasteiger partial charge on any atom is -0.488 e. The topological polar surface area (TPSA) is 111 Å². The highest BCUT2D eigenvalue weighted by Crippen LogP contribution is 2.21. The number of hydrogen-bond donors (Lipinski definition) is 1. The van der Waals surface area contributed by atoms with Crippen LogP contribution in [0.2, 0.25) is 0 Å². The van der Waals surface area contributed by atoms with Crippen molar-refractivity contribution in [3.63, 3.8) is 0 Å². The highest BCUT2D eigenvalue weighted by molar-refractivity contribution is 7.89. The number of morpholine rings is 1. The van der Waals surface area contributed by atoms with E-state index in [9.17, 15) is 18.0 Å². The summed E-state index contributed by atoms with van der Waals surface area (Å²) in [5.41, 5.74) is 1.53. The molecule has 3 aromatic carbocycles. The molecule has 0 radical (unpaired) electrons. The number of benzene rings is 3. The van der Waals surface area contributed by atoms with E-state index in [0.29, 0.717) is 37.7 Å². The number of hydrogen-bond acceptors (Lipinski definition) is 7. The van der Waals surface area contributed by atoms with Crippen LogP contribution in [0.1, 0.15) is 15.9 Å². The fourth-order valence-electron chi connectivity index (χ4n) is 3.55. The largest absolute Gasteiger partial charge is 0.488 e. The molecule has 9 nitrogen and oxygen atoms in total. The van der Waals surface area contributed by atoms with Crippen LogP contribution in [0.25, 0.3) is 0 Å². The summed E-state index contributed by atoms with van der Waals surface area (Å²) in [4.78, 5) is 25.0. The number of rotatable bonds is 9. The molecule has 3 aromatic rings. The molecule has 0 atom stereocenters. The molecular formula is C26H26N2O7S. The normalized spacial score (nSPS) is 14.1. The molecule has 1 N–H and O–H groups in total. The maximum atomic E-state index is 12.7. The third-order valence-corrected chi connectivity index (χ3v) is 7.34. The van der Waals surface area contributed by atoms with Crippen molar-refractivity contribution in [1.82, 2.24) is 4.31 Å². The molecule has 1 saturated heterocycles. The highest BCUT2D eigenvalue weighted by atomic mass is 32.2. The molecule has 0 unspecified atom stereocenters. The van der Waals surface area contributed by atoms with Crippen LogP contribution in [0.15, 0.2) is 83.8 Å². The van der Waals surface area contributed by atoms with Gasteiger partial charge in [0.2, 0.25) is 10.0 Å². The van der Waals surface area contributed by atoms with Gasteiger partial charge in [-0.2, -0.15) is 4.31 Å². The number of carbonyl (C=O) groups excluding carboxylic acids is 2. The number of nitrogens with zero attached hydrogens (tertiary/aromatic N) is 1. The first-order chi connectivity index (χ1) is 17.4. The molecule has 1 amide bonds. The molecule has 0 aromatic heterocycles. The molecule has 0 spiro atoms. The molecule has 4 rings (SSSR count). The summed E-state index contributed by atoms with van der Waals surface area (Å²) in [6, 6.07) is 22.0. The Hall–Kier alpha value is -3.73. The minimum absolute atomic E-state index is 0.126. The average Bonchev–Trinajstić information content (AvgIpc) is 2.92. The zero-order valence-electron chi connectivity index (χ0n) is 19.5. The zero-order valence-corrected chi connectivity index (χ0v) is 20.3. The van der Waals surface area contributed by atoms with Crippen LogP contribution in [0.3, 0.4) is 0 Å². The Kier molecular flexibility index (Phi) is 8.32. The average molecular weight is 511 g/mol. The first kappa shape index (κ1) is 25.4. The Morgan fingerprint density at radius 3 is 2.28 bits per heavy atom. The van der Waals surface area contributed by atoms with Gasteiger partial charge in [0.1, 0.15) is 17.9 Å². The summed E-state index contributed by atoms with van der Waals surface area (Å²) in [7, 11) is -3.63. The fourth-order valence-corrected chi connectivity index (χ4v) is 4.96. The van der Waals surface area contributed by atoms with Gasteiger partial charge in [-0.1, -0.05) is 42.5 Å². The monoisotopic (exact) mass is 510 g/mol. The predicted molar refractivity (Wildman–Crippen MR) is 132 cm³/mol. The molecule has 0 saturated carbocycles. The Balaban J connectivity index is 1.30. The molecule has 10 heteroatoms. The van der Waals surface area contributed by atoms with Gasteiger partial charge in [-0.25, -0.2) is 13.2 Å². The SMILES string of the molecule is O=C(COC(=O)c1ccccc1OCc1ccccc1)Nc1ccc(S(=O)(=O)N2CCOCC2)cc1. The molecule has 1 fully saturated rings. The van der Waals surface area contributed by atoms with Crippen LogP contribution in [0.4, 0.5) is 5.69 Å². The van der Waals surface area contributed by atoms with Gasteiger partial charge >= 0.3 is 5.97 Å². The standard InChI is InChI=1S/C26H26N2O7S/c29-25(27-21-10-12-22(13-11-21)36(31,32)28-14-16-33-17-15-28)19-35-26(30)23-8-4-5-9-24(23)34-18-20-6-2-1-3-7-20/h1-13H,14-19H2,(H,27,29). The number of nitrogens with one attached hydrogen (secondary N) is 1. The molecule has 0 aliphatic carbocycles. The molecule has 1 aliphatic heterocycles. The lowest BCUT2D eigenvalue weighted by Gasteiger charge is -2.26. The van der Waals surface area contributed by atoms with Crippen LogP contribution in [0, 0.1) is 0 Å². The van der Waals surface area contributed by atoms with Crippen molar-refractivity contribution in [2.24, 2.45) is 0 Å². The second-order valence-corrected chi connectivity index (χ2v) is 9.87. The number of sulfonamides is 1. The second-order valence-electron chi connectivity index (χ2n) is 7.94. The highest BCUT2D eigenvalue weighted by Gasteiger charge is 2.26. The minimum atomic E-state index is -3.63. The Morgan fingerprint density at radius 2 is 1.56 bits per heavy atom. The zero-order chi connectivity index (χ0) is 25.4. The van der Waals surface area contributed by atoms with Crippen molar-refractivity contribution in [3.05, 3.63) is 90.0 Å². The number of ether oxygens (including phenoxy) is 3. The number of anilines is 1. The van der Waals surface area contributed by atoms with E-state index >= 15 is 0 Å². The molecular weight excluding hydrogens is 484 g/mol. The first-order valence-electron chi connectivity index (χ1n) is 11.3.